The average molecular weight is 139 g/mol. The second-order valence-corrected chi connectivity index (χ2v) is 2.52. The summed E-state index contributed by atoms with van der Waals surface area (Å²) in [6.45, 7) is 2.05. The minimum atomic E-state index is 0.172. The van der Waals surface area contributed by atoms with Crippen LogP contribution in [0, 0.1) is 0 Å². The van der Waals surface area contributed by atoms with E-state index in [1.165, 1.54) is 0 Å². The first-order valence-electron chi connectivity index (χ1n) is 3.82. The zero-order valence-corrected chi connectivity index (χ0v) is 6.31. The van der Waals surface area contributed by atoms with Crippen LogP contribution in [0.25, 0.3) is 0 Å². The highest BCUT2D eigenvalue weighted by molar-refractivity contribution is 5.78. The second-order valence-electron chi connectivity index (χ2n) is 2.52. The van der Waals surface area contributed by atoms with Gasteiger partial charge in [0.2, 0.25) is 5.91 Å². The van der Waals surface area contributed by atoms with Crippen LogP contribution in [0.4, 0.5) is 0 Å². The van der Waals surface area contributed by atoms with Crippen molar-refractivity contribution in [3.05, 3.63) is 11.8 Å². The van der Waals surface area contributed by atoms with E-state index in [2.05, 4.69) is 18.3 Å². The Morgan fingerprint density at radius 2 is 2.50 bits per heavy atom. The maximum atomic E-state index is 10.9. The molecule has 0 aromatic carbocycles. The lowest BCUT2D eigenvalue weighted by molar-refractivity contribution is -0.120. The summed E-state index contributed by atoms with van der Waals surface area (Å²) in [5.41, 5.74) is 1.09. The molecule has 0 saturated heterocycles. The quantitative estimate of drug-likeness (QED) is 0.587. The minimum Gasteiger partial charge on any atom is -0.330 e. The molecule has 1 aliphatic heterocycles. The maximum Gasteiger partial charge on any atom is 0.224 e. The molecule has 56 valence electrons. The van der Waals surface area contributed by atoms with Crippen LogP contribution in [-0.4, -0.2) is 5.91 Å². The Morgan fingerprint density at radius 1 is 1.70 bits per heavy atom. The molecule has 0 spiro atoms. The maximum absolute atomic E-state index is 10.9. The zero-order valence-electron chi connectivity index (χ0n) is 6.31. The van der Waals surface area contributed by atoms with Crippen molar-refractivity contribution in [2.24, 2.45) is 0 Å². The van der Waals surface area contributed by atoms with Crippen LogP contribution in [-0.2, 0) is 4.79 Å². The summed E-state index contributed by atoms with van der Waals surface area (Å²) in [6.07, 6.45) is 5.77. The average Bonchev–Trinajstić information content (AvgIpc) is 2.13. The van der Waals surface area contributed by atoms with E-state index in [4.69, 9.17) is 0 Å². The molecule has 1 aliphatic rings. The number of nitrogens with one attached hydrogen (secondary N) is 1. The van der Waals surface area contributed by atoms with Gasteiger partial charge in [-0.15, -0.1) is 0 Å². The first kappa shape index (κ1) is 7.32. The Labute approximate surface area is 61.3 Å². The van der Waals surface area contributed by atoms with E-state index >= 15 is 0 Å². The van der Waals surface area contributed by atoms with Crippen LogP contribution in [0.1, 0.15) is 32.6 Å². The van der Waals surface area contributed by atoms with E-state index in [1.54, 1.807) is 0 Å². The van der Waals surface area contributed by atoms with Gasteiger partial charge in [0.25, 0.3) is 0 Å². The number of allylic oxidation sites excluding steroid dienone is 2. The van der Waals surface area contributed by atoms with Crippen LogP contribution < -0.4 is 5.32 Å². The standard InChI is InChI=1S/C8H13NO/c1-2-7-5-3-4-6-8(10)9-7/h5H,2-4,6H2,1H3,(H,9,10). The van der Waals surface area contributed by atoms with E-state index in [0.717, 1.165) is 25.0 Å². The molecular formula is C8H13NO. The normalized spacial score (nSPS) is 19.3. The molecule has 0 radical (unpaired) electrons. The molecular weight excluding hydrogens is 126 g/mol. The molecule has 10 heavy (non-hydrogen) atoms. The molecule has 0 aromatic heterocycles. The summed E-state index contributed by atoms with van der Waals surface area (Å²) in [4.78, 5) is 10.9. The van der Waals surface area contributed by atoms with Crippen molar-refractivity contribution in [2.75, 3.05) is 0 Å². The Hall–Kier alpha value is -0.790. The van der Waals surface area contributed by atoms with E-state index in [1.807, 2.05) is 0 Å². The highest BCUT2D eigenvalue weighted by Gasteiger charge is 2.05. The first-order valence-corrected chi connectivity index (χ1v) is 3.82. The van der Waals surface area contributed by atoms with Crippen LogP contribution in [0.15, 0.2) is 11.8 Å². The summed E-state index contributed by atoms with van der Waals surface area (Å²) in [6, 6.07) is 0. The van der Waals surface area contributed by atoms with E-state index in [-0.39, 0.29) is 5.91 Å². The van der Waals surface area contributed by atoms with Crippen molar-refractivity contribution in [3.63, 3.8) is 0 Å². The van der Waals surface area contributed by atoms with Gasteiger partial charge < -0.3 is 5.32 Å². The van der Waals surface area contributed by atoms with Crippen LogP contribution >= 0.6 is 0 Å². The van der Waals surface area contributed by atoms with Gasteiger partial charge in [0.1, 0.15) is 0 Å². The third-order valence-electron chi connectivity index (χ3n) is 1.68. The smallest absolute Gasteiger partial charge is 0.224 e. The molecule has 2 heteroatoms. The predicted molar refractivity (Wildman–Crippen MR) is 40.4 cm³/mol. The van der Waals surface area contributed by atoms with Gasteiger partial charge in [0.05, 0.1) is 0 Å². The van der Waals surface area contributed by atoms with Gasteiger partial charge in [-0.25, -0.2) is 0 Å². The fourth-order valence-electron chi connectivity index (χ4n) is 1.06. The van der Waals surface area contributed by atoms with Crippen molar-refractivity contribution in [1.29, 1.82) is 0 Å². The number of amides is 1. The molecule has 1 N–H and O–H groups in total. The molecule has 0 atom stereocenters. The van der Waals surface area contributed by atoms with Gasteiger partial charge >= 0.3 is 0 Å². The van der Waals surface area contributed by atoms with Crippen LogP contribution in [0.5, 0.6) is 0 Å². The number of hydrogen-bond acceptors (Lipinski definition) is 1. The van der Waals surface area contributed by atoms with Crippen molar-refractivity contribution >= 4 is 5.91 Å². The Balaban J connectivity index is 2.54. The SMILES string of the molecule is CCC1=CCCCC(=O)N1. The van der Waals surface area contributed by atoms with Gasteiger partial charge in [0, 0.05) is 12.1 Å². The summed E-state index contributed by atoms with van der Waals surface area (Å²) < 4.78 is 0. The molecule has 0 fully saturated rings. The highest BCUT2D eigenvalue weighted by atomic mass is 16.1. The van der Waals surface area contributed by atoms with Gasteiger partial charge in [-0.05, 0) is 19.3 Å². The highest BCUT2D eigenvalue weighted by Crippen LogP contribution is 2.07. The molecule has 0 unspecified atom stereocenters. The third-order valence-corrected chi connectivity index (χ3v) is 1.68. The first-order chi connectivity index (χ1) is 4.83. The Bertz CT molecular complexity index is 161. The lowest BCUT2D eigenvalue weighted by Gasteiger charge is -2.01. The minimum absolute atomic E-state index is 0.172. The summed E-state index contributed by atoms with van der Waals surface area (Å²) >= 11 is 0. The van der Waals surface area contributed by atoms with Crippen molar-refractivity contribution in [2.45, 2.75) is 32.6 Å². The van der Waals surface area contributed by atoms with Gasteiger partial charge in [-0.2, -0.15) is 0 Å². The molecule has 1 heterocycles. The van der Waals surface area contributed by atoms with Crippen LogP contribution in [0.3, 0.4) is 0 Å². The number of carbonyl (C=O) groups excluding carboxylic acids is 1. The molecule has 0 aliphatic carbocycles. The van der Waals surface area contributed by atoms with E-state index in [9.17, 15) is 4.79 Å². The van der Waals surface area contributed by atoms with Crippen molar-refractivity contribution < 1.29 is 4.79 Å². The molecule has 2 nitrogen and oxygen atoms in total. The number of rotatable bonds is 1. The predicted octanol–water partition coefficient (Wildman–Crippen LogP) is 1.58. The topological polar surface area (TPSA) is 29.1 Å². The van der Waals surface area contributed by atoms with Crippen molar-refractivity contribution in [3.8, 4) is 0 Å². The summed E-state index contributed by atoms with van der Waals surface area (Å²) in [5.74, 6) is 0.172. The molecule has 0 bridgehead atoms. The molecule has 1 amide bonds. The van der Waals surface area contributed by atoms with Gasteiger partial charge in [-0.3, -0.25) is 4.79 Å². The van der Waals surface area contributed by atoms with Gasteiger partial charge in [-0.1, -0.05) is 13.0 Å². The Kier molecular flexibility index (Phi) is 2.49. The number of hydrogen-bond donors (Lipinski definition) is 1. The fraction of sp³-hybridized carbons (Fsp3) is 0.625. The largest absolute Gasteiger partial charge is 0.330 e. The van der Waals surface area contributed by atoms with Crippen LogP contribution in [0.2, 0.25) is 0 Å². The number of carbonyl (C=O) groups is 1. The molecule has 0 aromatic rings. The zero-order chi connectivity index (χ0) is 7.40. The van der Waals surface area contributed by atoms with Crippen molar-refractivity contribution in [1.82, 2.24) is 5.32 Å². The summed E-state index contributed by atoms with van der Waals surface area (Å²) in [5, 5.41) is 2.85. The lowest BCUT2D eigenvalue weighted by Crippen LogP contribution is -2.20. The molecule has 1 rings (SSSR count). The fourth-order valence-corrected chi connectivity index (χ4v) is 1.06. The van der Waals surface area contributed by atoms with E-state index < -0.39 is 0 Å². The monoisotopic (exact) mass is 139 g/mol. The van der Waals surface area contributed by atoms with Gasteiger partial charge in [0.15, 0.2) is 0 Å². The summed E-state index contributed by atoms with van der Waals surface area (Å²) in [7, 11) is 0. The second kappa shape index (κ2) is 3.40. The lowest BCUT2D eigenvalue weighted by atomic mass is 10.2. The molecule has 0 saturated carbocycles. The van der Waals surface area contributed by atoms with E-state index in [0.29, 0.717) is 6.42 Å². The third kappa shape index (κ3) is 1.87. The Morgan fingerprint density at radius 3 is 3.20 bits per heavy atom.